The van der Waals surface area contributed by atoms with Crippen LogP contribution in [0.1, 0.15) is 19.2 Å². The van der Waals surface area contributed by atoms with Crippen LogP contribution >= 0.6 is 0 Å². The smallest absolute Gasteiger partial charge is 0.384 e. The number of rotatable bonds is 4. The van der Waals surface area contributed by atoms with Crippen molar-refractivity contribution >= 4 is 11.6 Å². The van der Waals surface area contributed by atoms with Crippen molar-refractivity contribution < 1.29 is 26.3 Å². The Hall–Kier alpha value is -1.74. The van der Waals surface area contributed by atoms with Gasteiger partial charge in [-0.25, -0.2) is 9.97 Å². The second kappa shape index (κ2) is 5.71. The molecule has 0 aliphatic carbocycles. The number of hydrogen-bond acceptors (Lipinski definition) is 4. The Kier molecular flexibility index (Phi) is 4.66. The molecule has 0 bridgehead atoms. The Labute approximate surface area is 110 Å². The zero-order valence-corrected chi connectivity index (χ0v) is 10.4. The molecule has 10 heteroatoms. The summed E-state index contributed by atoms with van der Waals surface area (Å²) in [6, 6.07) is 0.886. The third-order valence-electron chi connectivity index (χ3n) is 2.17. The van der Waals surface area contributed by atoms with E-state index in [2.05, 4.69) is 9.97 Å². The van der Waals surface area contributed by atoms with Gasteiger partial charge in [0.15, 0.2) is 0 Å². The van der Waals surface area contributed by atoms with Gasteiger partial charge in [0, 0.05) is 12.6 Å². The van der Waals surface area contributed by atoms with Gasteiger partial charge in [0.1, 0.15) is 18.2 Å². The molecule has 0 saturated heterocycles. The average molecular weight is 302 g/mol. The van der Waals surface area contributed by atoms with Crippen LogP contribution in [-0.2, 0) is 6.18 Å². The lowest BCUT2D eigenvalue weighted by Crippen LogP contribution is -2.36. The Morgan fingerprint density at radius 2 is 1.75 bits per heavy atom. The van der Waals surface area contributed by atoms with Gasteiger partial charge in [-0.3, -0.25) is 0 Å². The van der Waals surface area contributed by atoms with Crippen LogP contribution in [0.15, 0.2) is 6.07 Å². The summed E-state index contributed by atoms with van der Waals surface area (Å²) in [5.41, 5.74) is 5.19. The highest BCUT2D eigenvalue weighted by Crippen LogP contribution is 2.29. The van der Waals surface area contributed by atoms with Crippen LogP contribution in [0.4, 0.5) is 38.0 Å². The molecule has 0 fully saturated rings. The van der Waals surface area contributed by atoms with E-state index in [0.29, 0.717) is 11.3 Å². The summed E-state index contributed by atoms with van der Waals surface area (Å²) in [5.74, 6) is -2.59. The van der Waals surface area contributed by atoms with Crippen LogP contribution in [0.2, 0.25) is 0 Å². The molecule has 0 unspecified atom stereocenters. The molecule has 0 aliphatic rings. The Bertz CT molecular complexity index is 456. The first-order valence-corrected chi connectivity index (χ1v) is 5.56. The molecule has 1 aromatic heterocycles. The molecule has 1 rings (SSSR count). The van der Waals surface area contributed by atoms with E-state index in [1.165, 1.54) is 0 Å². The fraction of sp³-hybridized carbons (Fsp3) is 0.600. The van der Waals surface area contributed by atoms with E-state index >= 15 is 0 Å². The molecule has 0 saturated carbocycles. The van der Waals surface area contributed by atoms with Gasteiger partial charge in [-0.2, -0.15) is 26.3 Å². The lowest BCUT2D eigenvalue weighted by atomic mass is 10.3. The summed E-state index contributed by atoms with van der Waals surface area (Å²) in [5, 5.41) is 0. The number of anilines is 2. The number of hydrogen-bond donors (Lipinski definition) is 1. The lowest BCUT2D eigenvalue weighted by Gasteiger charge is -2.25. The van der Waals surface area contributed by atoms with Crippen molar-refractivity contribution in [2.45, 2.75) is 25.7 Å². The van der Waals surface area contributed by atoms with Crippen LogP contribution in [0.5, 0.6) is 0 Å². The van der Waals surface area contributed by atoms with E-state index in [1.54, 1.807) is 6.92 Å². The highest BCUT2D eigenvalue weighted by atomic mass is 19.4. The van der Waals surface area contributed by atoms with Gasteiger partial charge in [-0.1, -0.05) is 6.92 Å². The highest BCUT2D eigenvalue weighted by molar-refractivity contribution is 5.47. The zero-order chi connectivity index (χ0) is 15.6. The SMILES string of the molecule is CCCN(CC(F)(F)F)c1cc(N)nc(C(F)(F)F)n1. The molecule has 20 heavy (non-hydrogen) atoms. The minimum absolute atomic E-state index is 0.104. The van der Waals surface area contributed by atoms with Crippen molar-refractivity contribution in [1.29, 1.82) is 0 Å². The van der Waals surface area contributed by atoms with Crippen molar-refractivity contribution in [1.82, 2.24) is 9.97 Å². The maximum atomic E-state index is 12.5. The molecule has 0 aliphatic heterocycles. The number of halogens is 6. The Balaban J connectivity index is 3.16. The molecule has 0 aromatic carbocycles. The highest BCUT2D eigenvalue weighted by Gasteiger charge is 2.37. The van der Waals surface area contributed by atoms with Gasteiger partial charge in [-0.15, -0.1) is 0 Å². The fourth-order valence-electron chi connectivity index (χ4n) is 1.50. The lowest BCUT2D eigenvalue weighted by molar-refractivity contribution is -0.144. The summed E-state index contributed by atoms with van der Waals surface area (Å²) in [7, 11) is 0. The van der Waals surface area contributed by atoms with Crippen LogP contribution in [0.3, 0.4) is 0 Å². The first-order valence-electron chi connectivity index (χ1n) is 5.56. The van der Waals surface area contributed by atoms with Crippen molar-refractivity contribution in [2.24, 2.45) is 0 Å². The molecular weight excluding hydrogens is 290 g/mol. The molecular formula is C10H12F6N4. The van der Waals surface area contributed by atoms with Crippen molar-refractivity contribution in [2.75, 3.05) is 23.7 Å². The molecule has 0 radical (unpaired) electrons. The summed E-state index contributed by atoms with van der Waals surface area (Å²) in [6.07, 6.45) is -9.13. The number of aromatic nitrogens is 2. The number of alkyl halides is 6. The van der Waals surface area contributed by atoms with E-state index in [-0.39, 0.29) is 6.54 Å². The Morgan fingerprint density at radius 3 is 2.20 bits per heavy atom. The largest absolute Gasteiger partial charge is 0.451 e. The van der Waals surface area contributed by atoms with Crippen LogP contribution in [0, 0.1) is 0 Å². The van der Waals surface area contributed by atoms with Gasteiger partial charge in [-0.05, 0) is 6.42 Å². The second-order valence-electron chi connectivity index (χ2n) is 4.01. The van der Waals surface area contributed by atoms with Crippen molar-refractivity contribution in [3.05, 3.63) is 11.9 Å². The van der Waals surface area contributed by atoms with E-state index < -0.39 is 36.4 Å². The minimum Gasteiger partial charge on any atom is -0.384 e. The topological polar surface area (TPSA) is 55.0 Å². The van der Waals surface area contributed by atoms with Gasteiger partial charge in [0.05, 0.1) is 0 Å². The molecule has 4 nitrogen and oxygen atoms in total. The molecule has 114 valence electrons. The maximum Gasteiger partial charge on any atom is 0.451 e. The maximum absolute atomic E-state index is 12.5. The van der Waals surface area contributed by atoms with Gasteiger partial charge in [0.25, 0.3) is 0 Å². The average Bonchev–Trinajstić information content (AvgIpc) is 2.24. The first kappa shape index (κ1) is 16.3. The Morgan fingerprint density at radius 1 is 1.15 bits per heavy atom. The van der Waals surface area contributed by atoms with Crippen LogP contribution < -0.4 is 10.6 Å². The number of nitrogens with two attached hydrogens (primary N) is 1. The minimum atomic E-state index is -4.87. The summed E-state index contributed by atoms with van der Waals surface area (Å²) < 4.78 is 74.8. The fourth-order valence-corrected chi connectivity index (χ4v) is 1.50. The van der Waals surface area contributed by atoms with Crippen LogP contribution in [0.25, 0.3) is 0 Å². The number of nitrogen functional groups attached to an aromatic ring is 1. The summed E-state index contributed by atoms with van der Waals surface area (Å²) >= 11 is 0. The third-order valence-corrected chi connectivity index (χ3v) is 2.17. The van der Waals surface area contributed by atoms with Gasteiger partial charge < -0.3 is 10.6 Å². The second-order valence-corrected chi connectivity index (χ2v) is 4.01. The predicted molar refractivity (Wildman–Crippen MR) is 60.0 cm³/mol. The normalized spacial score (nSPS) is 12.6. The molecule has 1 aromatic rings. The molecule has 0 spiro atoms. The van der Waals surface area contributed by atoms with E-state index in [0.717, 1.165) is 6.07 Å². The zero-order valence-electron chi connectivity index (χ0n) is 10.4. The van der Waals surface area contributed by atoms with E-state index in [9.17, 15) is 26.3 Å². The van der Waals surface area contributed by atoms with E-state index in [1.807, 2.05) is 0 Å². The molecule has 1 heterocycles. The quantitative estimate of drug-likeness (QED) is 0.869. The van der Waals surface area contributed by atoms with Crippen molar-refractivity contribution in [3.8, 4) is 0 Å². The first-order chi connectivity index (χ1) is 9.03. The van der Waals surface area contributed by atoms with E-state index in [4.69, 9.17) is 5.73 Å². The monoisotopic (exact) mass is 302 g/mol. The van der Waals surface area contributed by atoms with Gasteiger partial charge >= 0.3 is 12.4 Å². The predicted octanol–water partition coefficient (Wildman–Crippen LogP) is 2.86. The van der Waals surface area contributed by atoms with Crippen molar-refractivity contribution in [3.63, 3.8) is 0 Å². The number of nitrogens with zero attached hydrogens (tertiary/aromatic N) is 3. The standard InChI is InChI=1S/C10H12F6N4/c1-2-3-20(5-9(11,12)13)7-4-6(17)18-8(19-7)10(14,15)16/h4H,2-3,5H2,1H3,(H2,17,18,19). The third kappa shape index (κ3) is 4.74. The summed E-state index contributed by atoms with van der Waals surface area (Å²) in [4.78, 5) is 6.78. The molecule has 0 amide bonds. The molecule has 2 N–H and O–H groups in total. The van der Waals surface area contributed by atoms with Gasteiger partial charge in [0.2, 0.25) is 5.82 Å². The van der Waals surface area contributed by atoms with Crippen LogP contribution in [-0.4, -0.2) is 29.2 Å². The summed E-state index contributed by atoms with van der Waals surface area (Å²) in [6.45, 7) is 0.0838. The molecule has 0 atom stereocenters.